The van der Waals surface area contributed by atoms with E-state index in [1.807, 2.05) is 18.2 Å². The molecule has 2 N–H and O–H groups in total. The molecule has 0 fully saturated rings. The number of carbonyl (C=O) groups excluding carboxylic acids is 1. The summed E-state index contributed by atoms with van der Waals surface area (Å²) in [7, 11) is 1.43. The van der Waals surface area contributed by atoms with Crippen molar-refractivity contribution in [3.05, 3.63) is 51.6 Å². The number of hydrogen-bond donors (Lipinski definition) is 2. The van der Waals surface area contributed by atoms with Gasteiger partial charge in [-0.05, 0) is 58.8 Å². The van der Waals surface area contributed by atoms with E-state index in [9.17, 15) is 13.6 Å². The molecule has 28 heavy (non-hydrogen) atoms. The fourth-order valence-electron chi connectivity index (χ4n) is 2.54. The molecular weight excluding hydrogens is 503 g/mol. The van der Waals surface area contributed by atoms with Crippen molar-refractivity contribution < 1.29 is 23.0 Å². The summed E-state index contributed by atoms with van der Waals surface area (Å²) in [6.45, 7) is -2.89. The first-order valence-electron chi connectivity index (χ1n) is 8.13. The lowest BCUT2D eigenvalue weighted by molar-refractivity contribution is -0.115. The van der Waals surface area contributed by atoms with Crippen molar-refractivity contribution in [2.45, 2.75) is 17.6 Å². The van der Waals surface area contributed by atoms with Crippen molar-refractivity contribution in [3.63, 3.8) is 0 Å². The van der Waals surface area contributed by atoms with E-state index in [-0.39, 0.29) is 18.1 Å². The van der Waals surface area contributed by atoms with E-state index in [1.165, 1.54) is 25.1 Å². The van der Waals surface area contributed by atoms with Gasteiger partial charge in [0.15, 0.2) is 0 Å². The minimum absolute atomic E-state index is 0.00539. The van der Waals surface area contributed by atoms with E-state index in [0.29, 0.717) is 11.3 Å². The number of alkyl halides is 2. The molecule has 1 amide bonds. The Balaban J connectivity index is 1.69. The van der Waals surface area contributed by atoms with Crippen molar-refractivity contribution in [3.8, 4) is 5.75 Å². The van der Waals surface area contributed by atoms with Crippen LogP contribution in [0.15, 0.2) is 52.4 Å². The minimum Gasteiger partial charge on any atom is -0.434 e. The molecule has 0 radical (unpaired) electrons. The number of carbonyl (C=O) groups is 1. The number of halogens is 3. The summed E-state index contributed by atoms with van der Waals surface area (Å²) in [4.78, 5) is 17.7. The second-order valence-electron chi connectivity index (χ2n) is 5.63. The molecule has 1 atom stereocenters. The lowest BCUT2D eigenvalue weighted by Crippen LogP contribution is -2.40. The highest BCUT2D eigenvalue weighted by Gasteiger charge is 2.22. The molecule has 0 bridgehead atoms. The Morgan fingerprint density at radius 2 is 2.11 bits per heavy atom. The quantitative estimate of drug-likeness (QED) is 0.427. The highest BCUT2D eigenvalue weighted by Crippen LogP contribution is 2.32. The van der Waals surface area contributed by atoms with Gasteiger partial charge in [0.05, 0.1) is 10.6 Å². The summed E-state index contributed by atoms with van der Waals surface area (Å²) in [6, 6.07) is 12.0. The predicted molar refractivity (Wildman–Crippen MR) is 111 cm³/mol. The van der Waals surface area contributed by atoms with Crippen LogP contribution < -0.4 is 14.8 Å². The van der Waals surface area contributed by atoms with Gasteiger partial charge in [-0.25, -0.2) is 4.99 Å². The van der Waals surface area contributed by atoms with E-state index in [1.54, 1.807) is 18.2 Å². The maximum atomic E-state index is 12.6. The highest BCUT2D eigenvalue weighted by atomic mass is 127. The molecule has 10 heteroatoms. The minimum atomic E-state index is -2.95. The number of methoxy groups -OCH3 is 1. The molecule has 2 aromatic carbocycles. The van der Waals surface area contributed by atoms with Gasteiger partial charge in [-0.15, -0.1) is 0 Å². The lowest BCUT2D eigenvalue weighted by atomic mass is 10.1. The number of para-hydroxylation sites is 1. The van der Waals surface area contributed by atoms with Crippen LogP contribution >= 0.6 is 34.5 Å². The van der Waals surface area contributed by atoms with Crippen LogP contribution in [-0.2, 0) is 9.53 Å². The zero-order chi connectivity index (χ0) is 20.1. The molecular formula is C18H16F2IN3O3S. The first kappa shape index (κ1) is 20.8. The normalized spacial score (nSPS) is 14.0. The molecule has 1 heterocycles. The third-order valence-corrected chi connectivity index (χ3v) is 5.35. The number of amidine groups is 1. The van der Waals surface area contributed by atoms with Gasteiger partial charge in [0.2, 0.25) is 5.84 Å². The van der Waals surface area contributed by atoms with Crippen LogP contribution in [-0.4, -0.2) is 32.0 Å². The Hall–Kier alpha value is -1.92. The second-order valence-corrected chi connectivity index (χ2v) is 7.72. The summed E-state index contributed by atoms with van der Waals surface area (Å²) < 4.78 is 39.1. The van der Waals surface area contributed by atoms with Crippen LogP contribution in [0.3, 0.4) is 0 Å². The van der Waals surface area contributed by atoms with Crippen molar-refractivity contribution in [2.75, 3.05) is 13.7 Å². The van der Waals surface area contributed by atoms with E-state index in [4.69, 9.17) is 4.74 Å². The number of aliphatic imine (C=N–C) groups is 1. The standard InChI is InChI=1S/C18H16F2IN3O3S/c1-26-14(11-4-2-3-5-13(11)27-18(19)20)9-22-17(25)16-23-12-7-6-10(21)8-15(12)28-24-16/h2-8,14,18H,9H2,1H3,(H,22,25)(H,23,24). The van der Waals surface area contributed by atoms with Gasteiger partial charge in [-0.2, -0.15) is 8.78 Å². The van der Waals surface area contributed by atoms with Crippen molar-refractivity contribution in [1.82, 2.24) is 10.0 Å². The first-order valence-corrected chi connectivity index (χ1v) is 10.0. The zero-order valence-corrected chi connectivity index (χ0v) is 17.6. The lowest BCUT2D eigenvalue weighted by Gasteiger charge is -2.21. The summed E-state index contributed by atoms with van der Waals surface area (Å²) in [5.74, 6) is -0.262. The summed E-state index contributed by atoms with van der Waals surface area (Å²) in [5, 5.41) is 2.71. The molecule has 0 aromatic heterocycles. The Morgan fingerprint density at radius 3 is 2.86 bits per heavy atom. The topological polar surface area (TPSA) is 72.0 Å². The second kappa shape index (κ2) is 9.52. The monoisotopic (exact) mass is 519 g/mol. The van der Waals surface area contributed by atoms with E-state index < -0.39 is 18.6 Å². The van der Waals surface area contributed by atoms with Gasteiger partial charge in [0.1, 0.15) is 11.9 Å². The smallest absolute Gasteiger partial charge is 0.387 e. The Labute approximate surface area is 178 Å². The van der Waals surface area contributed by atoms with Gasteiger partial charge >= 0.3 is 6.61 Å². The van der Waals surface area contributed by atoms with Crippen LogP contribution in [0.1, 0.15) is 11.7 Å². The fourth-order valence-corrected chi connectivity index (χ4v) is 4.00. The molecule has 0 saturated carbocycles. The number of amides is 1. The van der Waals surface area contributed by atoms with Crippen molar-refractivity contribution in [2.24, 2.45) is 4.99 Å². The van der Waals surface area contributed by atoms with Crippen LogP contribution in [0.5, 0.6) is 5.75 Å². The van der Waals surface area contributed by atoms with Crippen molar-refractivity contribution in [1.29, 1.82) is 0 Å². The van der Waals surface area contributed by atoms with Gasteiger partial charge in [-0.3, -0.25) is 4.79 Å². The molecule has 0 aliphatic carbocycles. The maximum Gasteiger partial charge on any atom is 0.387 e. The largest absolute Gasteiger partial charge is 0.434 e. The molecule has 0 spiro atoms. The Kier molecular flexibility index (Phi) is 7.08. The summed E-state index contributed by atoms with van der Waals surface area (Å²) in [6.07, 6.45) is -0.662. The molecule has 2 aromatic rings. The molecule has 1 aliphatic rings. The number of nitrogens with one attached hydrogen (secondary N) is 2. The average molecular weight is 519 g/mol. The van der Waals surface area contributed by atoms with Crippen LogP contribution in [0.4, 0.5) is 14.5 Å². The Bertz CT molecular complexity index is 898. The molecule has 0 saturated heterocycles. The number of benzene rings is 2. The predicted octanol–water partition coefficient (Wildman–Crippen LogP) is 4.04. The molecule has 3 rings (SSSR count). The number of fused-ring (bicyclic) bond motifs is 1. The molecule has 1 unspecified atom stereocenters. The molecule has 148 valence electrons. The fraction of sp³-hybridized carbons (Fsp3) is 0.222. The van der Waals surface area contributed by atoms with E-state index in [2.05, 4.69) is 42.4 Å². The molecule has 1 aliphatic heterocycles. The van der Waals surface area contributed by atoms with Gasteiger partial charge in [0, 0.05) is 22.8 Å². The number of rotatable bonds is 7. The Morgan fingerprint density at radius 1 is 1.32 bits per heavy atom. The van der Waals surface area contributed by atoms with Gasteiger partial charge in [-0.1, -0.05) is 18.2 Å². The first-order chi connectivity index (χ1) is 13.5. The average Bonchev–Trinajstić information content (AvgIpc) is 2.68. The van der Waals surface area contributed by atoms with Crippen molar-refractivity contribution >= 4 is 52.0 Å². The third-order valence-electron chi connectivity index (χ3n) is 3.84. The number of hydrogen-bond acceptors (Lipinski definition) is 6. The SMILES string of the molecule is COC(CNC(=O)C1=Nc2ccc(I)cc2SN1)c1ccccc1OC(F)F. The van der Waals surface area contributed by atoms with Crippen LogP contribution in [0.25, 0.3) is 0 Å². The third kappa shape index (κ3) is 5.11. The zero-order valence-electron chi connectivity index (χ0n) is 14.6. The maximum absolute atomic E-state index is 12.6. The van der Waals surface area contributed by atoms with Gasteiger partial charge in [0.25, 0.3) is 5.91 Å². The highest BCUT2D eigenvalue weighted by molar-refractivity contribution is 14.1. The van der Waals surface area contributed by atoms with Gasteiger partial charge < -0.3 is 19.5 Å². The van der Waals surface area contributed by atoms with E-state index in [0.717, 1.165) is 8.47 Å². The molecule has 6 nitrogen and oxygen atoms in total. The number of nitrogens with zero attached hydrogens (tertiary/aromatic N) is 1. The number of ether oxygens (including phenoxy) is 2. The van der Waals surface area contributed by atoms with E-state index >= 15 is 0 Å². The summed E-state index contributed by atoms with van der Waals surface area (Å²) in [5.41, 5.74) is 1.12. The van der Waals surface area contributed by atoms with Crippen LogP contribution in [0, 0.1) is 3.57 Å². The summed E-state index contributed by atoms with van der Waals surface area (Å²) >= 11 is 3.51. The van der Waals surface area contributed by atoms with Crippen LogP contribution in [0.2, 0.25) is 0 Å².